The van der Waals surface area contributed by atoms with Gasteiger partial charge in [0.2, 0.25) is 0 Å². The predicted molar refractivity (Wildman–Crippen MR) is 35.4 cm³/mol. The SMILES string of the molecule is C[C@H](O[P+](=O)O)[C@H](N)CO. The van der Waals surface area contributed by atoms with Crippen molar-refractivity contribution in [3.05, 3.63) is 0 Å². The van der Waals surface area contributed by atoms with E-state index in [1.807, 2.05) is 0 Å². The molecular formula is C4H11NO4P+. The van der Waals surface area contributed by atoms with Crippen LogP contribution >= 0.6 is 8.25 Å². The molecule has 0 saturated heterocycles. The van der Waals surface area contributed by atoms with Crippen LogP contribution in [0.2, 0.25) is 0 Å². The van der Waals surface area contributed by atoms with Gasteiger partial charge in [0.05, 0.1) is 12.6 Å². The average molecular weight is 168 g/mol. The molecule has 0 heterocycles. The molecule has 0 amide bonds. The van der Waals surface area contributed by atoms with E-state index in [1.165, 1.54) is 6.92 Å². The lowest BCUT2D eigenvalue weighted by molar-refractivity contribution is 0.137. The van der Waals surface area contributed by atoms with E-state index >= 15 is 0 Å². The molecule has 0 aliphatic heterocycles. The van der Waals surface area contributed by atoms with Gasteiger partial charge in [-0.05, 0) is 6.92 Å². The predicted octanol–water partition coefficient (Wildman–Crippen LogP) is -0.639. The third kappa shape index (κ3) is 3.87. The molecule has 0 rings (SSSR count). The lowest BCUT2D eigenvalue weighted by Crippen LogP contribution is -2.36. The summed E-state index contributed by atoms with van der Waals surface area (Å²) in [6.07, 6.45) is -0.599. The van der Waals surface area contributed by atoms with Crippen molar-refractivity contribution < 1.29 is 19.1 Å². The number of nitrogens with two attached hydrogens (primary N) is 1. The highest BCUT2D eigenvalue weighted by Crippen LogP contribution is 2.18. The minimum atomic E-state index is -2.62. The first-order chi connectivity index (χ1) is 4.57. The molecule has 4 N–H and O–H groups in total. The highest BCUT2D eigenvalue weighted by molar-refractivity contribution is 7.32. The van der Waals surface area contributed by atoms with Crippen LogP contribution in [0.1, 0.15) is 6.92 Å². The van der Waals surface area contributed by atoms with Crippen LogP contribution in [-0.2, 0) is 9.09 Å². The fourth-order valence-corrected chi connectivity index (χ4v) is 0.810. The van der Waals surface area contributed by atoms with E-state index in [9.17, 15) is 4.57 Å². The summed E-state index contributed by atoms with van der Waals surface area (Å²) in [5.74, 6) is 0. The first-order valence-electron chi connectivity index (χ1n) is 2.77. The van der Waals surface area contributed by atoms with Gasteiger partial charge in [-0.2, -0.15) is 0 Å². The Hall–Kier alpha value is -0.0600. The van der Waals surface area contributed by atoms with Gasteiger partial charge in [0, 0.05) is 4.57 Å². The number of aliphatic hydroxyl groups is 1. The molecule has 0 aliphatic rings. The summed E-state index contributed by atoms with van der Waals surface area (Å²) >= 11 is 0. The first kappa shape index (κ1) is 9.94. The van der Waals surface area contributed by atoms with Gasteiger partial charge in [0.1, 0.15) is 6.10 Å². The summed E-state index contributed by atoms with van der Waals surface area (Å²) in [5, 5.41) is 8.44. The molecule has 10 heavy (non-hydrogen) atoms. The molecule has 0 radical (unpaired) electrons. The summed E-state index contributed by atoms with van der Waals surface area (Å²) in [5.41, 5.74) is 5.25. The van der Waals surface area contributed by atoms with Crippen molar-refractivity contribution in [3.63, 3.8) is 0 Å². The second-order valence-corrected chi connectivity index (χ2v) is 2.58. The van der Waals surface area contributed by atoms with Gasteiger partial charge in [0.25, 0.3) is 0 Å². The van der Waals surface area contributed by atoms with Crippen LogP contribution in [0.3, 0.4) is 0 Å². The molecule has 5 nitrogen and oxygen atoms in total. The largest absolute Gasteiger partial charge is 0.695 e. The highest BCUT2D eigenvalue weighted by atomic mass is 31.1. The summed E-state index contributed by atoms with van der Waals surface area (Å²) < 4.78 is 14.4. The van der Waals surface area contributed by atoms with Crippen LogP contribution in [-0.4, -0.2) is 28.8 Å². The van der Waals surface area contributed by atoms with Crippen LogP contribution in [0.25, 0.3) is 0 Å². The molecule has 0 spiro atoms. The van der Waals surface area contributed by atoms with E-state index in [0.29, 0.717) is 0 Å². The van der Waals surface area contributed by atoms with E-state index in [1.54, 1.807) is 0 Å². The Morgan fingerprint density at radius 2 is 2.30 bits per heavy atom. The highest BCUT2D eigenvalue weighted by Gasteiger charge is 2.23. The lowest BCUT2D eigenvalue weighted by Gasteiger charge is -2.09. The molecule has 0 aliphatic carbocycles. The standard InChI is InChI=1S/C4H10NO4P/c1-3(4(5)2-6)9-10(7)8/h3-4,6H,2,5H2,1H3/p+1/t3-,4+/m0/s1. The fourth-order valence-electron chi connectivity index (χ4n) is 0.369. The zero-order valence-electron chi connectivity index (χ0n) is 5.60. The fraction of sp³-hybridized carbons (Fsp3) is 1.00. The van der Waals surface area contributed by atoms with Crippen LogP contribution < -0.4 is 5.73 Å². The molecule has 0 aromatic heterocycles. The monoisotopic (exact) mass is 168 g/mol. The van der Waals surface area contributed by atoms with Crippen molar-refractivity contribution in [1.29, 1.82) is 0 Å². The second kappa shape index (κ2) is 4.71. The zero-order valence-corrected chi connectivity index (χ0v) is 6.49. The van der Waals surface area contributed by atoms with E-state index < -0.39 is 20.4 Å². The Labute approximate surface area is 59.8 Å². The molecule has 1 unspecified atom stereocenters. The molecule has 6 heteroatoms. The molecule has 0 fully saturated rings. The summed E-state index contributed by atoms with van der Waals surface area (Å²) in [6.45, 7) is 1.26. The Morgan fingerprint density at radius 3 is 2.60 bits per heavy atom. The normalized spacial score (nSPS) is 18.2. The van der Waals surface area contributed by atoms with Gasteiger partial charge in [-0.15, -0.1) is 9.42 Å². The topological polar surface area (TPSA) is 92.8 Å². The van der Waals surface area contributed by atoms with E-state index in [0.717, 1.165) is 0 Å². The smallest absolute Gasteiger partial charge is 0.395 e. The van der Waals surface area contributed by atoms with Crippen LogP contribution in [0, 0.1) is 0 Å². The number of aliphatic hydroxyl groups excluding tert-OH is 1. The van der Waals surface area contributed by atoms with Crippen LogP contribution in [0.5, 0.6) is 0 Å². The maximum atomic E-state index is 10.0. The third-order valence-electron chi connectivity index (χ3n) is 1.07. The average Bonchev–Trinajstić information content (AvgIpc) is 1.85. The maximum absolute atomic E-state index is 10.0. The van der Waals surface area contributed by atoms with Crippen LogP contribution in [0.4, 0.5) is 0 Å². The molecule has 60 valence electrons. The number of hydrogen-bond acceptors (Lipinski definition) is 4. The molecule has 0 bridgehead atoms. The second-order valence-electron chi connectivity index (χ2n) is 1.89. The van der Waals surface area contributed by atoms with Crippen molar-refractivity contribution in [1.82, 2.24) is 0 Å². The minimum Gasteiger partial charge on any atom is -0.395 e. The summed E-state index contributed by atoms with van der Waals surface area (Å²) in [6, 6.07) is -0.605. The molecule has 0 saturated carbocycles. The van der Waals surface area contributed by atoms with Crippen molar-refractivity contribution in [3.8, 4) is 0 Å². The summed E-state index contributed by atoms with van der Waals surface area (Å²) in [4.78, 5) is 8.22. The van der Waals surface area contributed by atoms with E-state index in [4.69, 9.17) is 15.7 Å². The molecule has 0 aromatic rings. The van der Waals surface area contributed by atoms with Gasteiger partial charge in [-0.3, -0.25) is 0 Å². The van der Waals surface area contributed by atoms with Gasteiger partial charge in [-0.25, -0.2) is 0 Å². The van der Waals surface area contributed by atoms with Gasteiger partial charge < -0.3 is 10.8 Å². The van der Waals surface area contributed by atoms with E-state index in [2.05, 4.69) is 4.52 Å². The van der Waals surface area contributed by atoms with Gasteiger partial charge in [-0.1, -0.05) is 0 Å². The summed E-state index contributed by atoms with van der Waals surface area (Å²) in [7, 11) is -2.62. The Kier molecular flexibility index (Phi) is 4.68. The molecular weight excluding hydrogens is 157 g/mol. The lowest BCUT2D eigenvalue weighted by atomic mass is 10.2. The van der Waals surface area contributed by atoms with Crippen LogP contribution in [0.15, 0.2) is 0 Å². The first-order valence-corrected chi connectivity index (χ1v) is 3.90. The molecule has 0 aromatic carbocycles. The van der Waals surface area contributed by atoms with Crippen molar-refractivity contribution >= 4 is 8.25 Å². The zero-order chi connectivity index (χ0) is 8.15. The molecule has 3 atom stereocenters. The Balaban J connectivity index is 3.61. The van der Waals surface area contributed by atoms with Crippen molar-refractivity contribution in [2.24, 2.45) is 5.73 Å². The quantitative estimate of drug-likeness (QED) is 0.485. The maximum Gasteiger partial charge on any atom is 0.695 e. The van der Waals surface area contributed by atoms with Crippen molar-refractivity contribution in [2.75, 3.05) is 6.61 Å². The van der Waals surface area contributed by atoms with Crippen molar-refractivity contribution in [2.45, 2.75) is 19.1 Å². The Bertz CT molecular complexity index is 120. The number of rotatable bonds is 4. The third-order valence-corrected chi connectivity index (χ3v) is 1.58. The van der Waals surface area contributed by atoms with Gasteiger partial charge in [0.15, 0.2) is 0 Å². The van der Waals surface area contributed by atoms with E-state index in [-0.39, 0.29) is 6.61 Å². The Morgan fingerprint density at radius 1 is 1.80 bits per heavy atom. The minimum absolute atomic E-state index is 0.260. The number of hydrogen-bond donors (Lipinski definition) is 3. The van der Waals surface area contributed by atoms with Gasteiger partial charge >= 0.3 is 8.25 Å².